The lowest BCUT2D eigenvalue weighted by atomic mass is 9.81. The van der Waals surface area contributed by atoms with Gasteiger partial charge in [0.05, 0.1) is 13.2 Å². The third kappa shape index (κ3) is 9.54. The van der Waals surface area contributed by atoms with Crippen LogP contribution < -0.4 is 26.4 Å². The van der Waals surface area contributed by atoms with E-state index in [9.17, 15) is 28.8 Å². The van der Waals surface area contributed by atoms with Gasteiger partial charge in [-0.2, -0.15) is 0 Å². The number of nitrogens with one attached hydrogen (secondary N) is 3. The Morgan fingerprint density at radius 3 is 2.14 bits per heavy atom. The number of hydrogen-bond donors (Lipinski definition) is 4. The molecule has 3 fully saturated rings. The molecule has 3 aliphatic rings. The van der Waals surface area contributed by atoms with E-state index < -0.39 is 64.6 Å². The van der Waals surface area contributed by atoms with E-state index >= 15 is 0 Å². The average Bonchev–Trinajstić information content (AvgIpc) is 3.78. The number of nitrogens with zero attached hydrogens (tertiary/aromatic N) is 1. The standard InChI is InChI=1S/C37H55N5O8/c1-22(2)26-16-19-42(28(26)32(45)39-27(20-23-10-11-23)29(43)31(38)44)33(46)30(36(3,4)5)40-35(48)41-37(17-8-7-9-18-37)34(47)50-21-24-12-14-25(49-6)15-13-24/h12-15,22-23,26-28,30H,7-11,16-21H2,1-6H3,(H2,38,44)(H,39,45)(H2,40,41,48)/t26-,27?,28+,30-/m1/s1. The Balaban J connectivity index is 1.50. The molecule has 2 saturated carbocycles. The Bertz CT molecular complexity index is 1410. The van der Waals surface area contributed by atoms with Crippen LogP contribution in [0.15, 0.2) is 24.3 Å². The van der Waals surface area contributed by atoms with Crippen LogP contribution in [0.3, 0.4) is 0 Å². The molecule has 1 aliphatic heterocycles. The summed E-state index contributed by atoms with van der Waals surface area (Å²) in [5.41, 5.74) is 4.04. The highest BCUT2D eigenvalue weighted by Gasteiger charge is 2.49. The quantitative estimate of drug-likeness (QED) is 0.168. The number of nitrogens with two attached hydrogens (primary N) is 1. The number of carbonyl (C=O) groups is 6. The minimum absolute atomic E-state index is 0.0247. The van der Waals surface area contributed by atoms with Crippen molar-refractivity contribution in [3.63, 3.8) is 0 Å². The number of urea groups is 1. The van der Waals surface area contributed by atoms with E-state index in [-0.39, 0.29) is 30.9 Å². The number of primary amides is 1. The fourth-order valence-electron chi connectivity index (χ4n) is 7.19. The van der Waals surface area contributed by atoms with Crippen LogP contribution in [0.1, 0.15) is 98.0 Å². The van der Waals surface area contributed by atoms with Gasteiger partial charge in [0.1, 0.15) is 30.0 Å². The number of rotatable bonds is 14. The molecule has 5 N–H and O–H groups in total. The highest BCUT2D eigenvalue weighted by molar-refractivity contribution is 6.37. The third-order valence-corrected chi connectivity index (χ3v) is 10.4. The van der Waals surface area contributed by atoms with Crippen molar-refractivity contribution >= 4 is 35.5 Å². The van der Waals surface area contributed by atoms with Gasteiger partial charge in [0.2, 0.25) is 17.6 Å². The summed E-state index contributed by atoms with van der Waals surface area (Å²) in [7, 11) is 1.57. The molecule has 1 heterocycles. The first-order valence-corrected chi connectivity index (χ1v) is 17.9. The topological polar surface area (TPSA) is 186 Å². The van der Waals surface area contributed by atoms with E-state index in [0.29, 0.717) is 31.4 Å². The monoisotopic (exact) mass is 697 g/mol. The summed E-state index contributed by atoms with van der Waals surface area (Å²) in [5, 5.41) is 8.50. The molecule has 4 rings (SSSR count). The highest BCUT2D eigenvalue weighted by atomic mass is 16.5. The van der Waals surface area contributed by atoms with Crippen molar-refractivity contribution in [2.75, 3.05) is 13.7 Å². The largest absolute Gasteiger partial charge is 0.497 e. The Morgan fingerprint density at radius 1 is 0.960 bits per heavy atom. The summed E-state index contributed by atoms with van der Waals surface area (Å²) in [6.45, 7) is 9.69. The molecule has 1 unspecified atom stereocenters. The molecular weight excluding hydrogens is 642 g/mol. The zero-order chi connectivity index (χ0) is 36.8. The Labute approximate surface area is 295 Å². The molecule has 2 aliphatic carbocycles. The highest BCUT2D eigenvalue weighted by Crippen LogP contribution is 2.36. The van der Waals surface area contributed by atoms with Crippen LogP contribution in [-0.2, 0) is 35.3 Å². The summed E-state index contributed by atoms with van der Waals surface area (Å²) >= 11 is 0. The molecule has 0 spiro atoms. The number of ether oxygens (including phenoxy) is 2. The average molecular weight is 698 g/mol. The Morgan fingerprint density at radius 2 is 1.60 bits per heavy atom. The first kappa shape index (κ1) is 38.6. The minimum atomic E-state index is -1.26. The van der Waals surface area contributed by atoms with Gasteiger partial charge in [-0.25, -0.2) is 9.59 Å². The summed E-state index contributed by atoms with van der Waals surface area (Å²) in [6.07, 6.45) is 5.83. The van der Waals surface area contributed by atoms with E-state index in [0.717, 1.165) is 37.7 Å². The summed E-state index contributed by atoms with van der Waals surface area (Å²) in [6, 6.07) is 3.44. The Hall–Kier alpha value is -4.16. The van der Waals surface area contributed by atoms with Crippen LogP contribution in [-0.4, -0.2) is 77.7 Å². The molecule has 5 amide bonds. The van der Waals surface area contributed by atoms with Gasteiger partial charge in [-0.05, 0) is 66.5 Å². The molecule has 0 bridgehead atoms. The van der Waals surface area contributed by atoms with Crippen molar-refractivity contribution in [3.8, 4) is 5.75 Å². The second-order valence-electron chi connectivity index (χ2n) is 15.6. The molecule has 1 aromatic carbocycles. The molecular formula is C37H55N5O8. The Kier molecular flexibility index (Phi) is 12.6. The molecule has 50 heavy (non-hydrogen) atoms. The predicted molar refractivity (Wildman–Crippen MR) is 185 cm³/mol. The van der Waals surface area contributed by atoms with Gasteiger partial charge < -0.3 is 36.1 Å². The summed E-state index contributed by atoms with van der Waals surface area (Å²) < 4.78 is 10.9. The van der Waals surface area contributed by atoms with Crippen LogP contribution >= 0.6 is 0 Å². The maximum atomic E-state index is 14.4. The van der Waals surface area contributed by atoms with Gasteiger partial charge in [0, 0.05) is 6.54 Å². The van der Waals surface area contributed by atoms with Crippen molar-refractivity contribution in [3.05, 3.63) is 29.8 Å². The molecule has 1 aromatic rings. The van der Waals surface area contributed by atoms with Gasteiger partial charge in [0.25, 0.3) is 5.91 Å². The number of ketones is 1. The lowest BCUT2D eigenvalue weighted by molar-refractivity contribution is -0.154. The molecule has 13 nitrogen and oxygen atoms in total. The van der Waals surface area contributed by atoms with Crippen molar-refractivity contribution in [1.29, 1.82) is 0 Å². The van der Waals surface area contributed by atoms with Crippen molar-refractivity contribution < 1.29 is 38.2 Å². The number of Topliss-reactive ketones (excluding diaryl/α,β-unsaturated/α-hetero) is 1. The molecule has 1 saturated heterocycles. The van der Waals surface area contributed by atoms with Crippen molar-refractivity contribution in [1.82, 2.24) is 20.9 Å². The smallest absolute Gasteiger partial charge is 0.332 e. The van der Waals surface area contributed by atoms with E-state index in [4.69, 9.17) is 15.2 Å². The van der Waals surface area contributed by atoms with E-state index in [1.165, 1.54) is 4.90 Å². The number of hydrogen-bond acceptors (Lipinski definition) is 8. The van der Waals surface area contributed by atoms with Gasteiger partial charge in [-0.15, -0.1) is 0 Å². The normalized spacial score (nSPS) is 21.5. The van der Waals surface area contributed by atoms with Crippen LogP contribution in [0.5, 0.6) is 5.75 Å². The lowest BCUT2D eigenvalue weighted by Crippen LogP contribution is -2.64. The number of benzene rings is 1. The fourth-order valence-corrected chi connectivity index (χ4v) is 7.19. The fraction of sp³-hybridized carbons (Fsp3) is 0.676. The summed E-state index contributed by atoms with van der Waals surface area (Å²) in [5.74, 6) is -2.76. The minimum Gasteiger partial charge on any atom is -0.497 e. The van der Waals surface area contributed by atoms with Crippen LogP contribution in [0.25, 0.3) is 0 Å². The lowest BCUT2D eigenvalue weighted by Gasteiger charge is -2.39. The maximum absolute atomic E-state index is 14.4. The van der Waals surface area contributed by atoms with Gasteiger partial charge >= 0.3 is 12.0 Å². The number of likely N-dealkylation sites (tertiary alicyclic amines) is 1. The van der Waals surface area contributed by atoms with E-state index in [2.05, 4.69) is 16.0 Å². The van der Waals surface area contributed by atoms with Crippen molar-refractivity contribution in [2.24, 2.45) is 28.9 Å². The first-order chi connectivity index (χ1) is 23.6. The molecule has 276 valence electrons. The van der Waals surface area contributed by atoms with Crippen LogP contribution in [0, 0.1) is 23.2 Å². The molecule has 0 radical (unpaired) electrons. The number of carbonyl (C=O) groups excluding carboxylic acids is 6. The third-order valence-electron chi connectivity index (χ3n) is 10.4. The zero-order valence-corrected chi connectivity index (χ0v) is 30.3. The number of amides is 5. The maximum Gasteiger partial charge on any atom is 0.332 e. The van der Waals surface area contributed by atoms with Gasteiger partial charge in [-0.1, -0.05) is 78.9 Å². The second kappa shape index (κ2) is 16.2. The number of esters is 1. The zero-order valence-electron chi connectivity index (χ0n) is 30.3. The van der Waals surface area contributed by atoms with E-state index in [1.807, 2.05) is 34.6 Å². The van der Waals surface area contributed by atoms with E-state index in [1.54, 1.807) is 31.4 Å². The molecule has 0 aromatic heterocycles. The van der Waals surface area contributed by atoms with Crippen LogP contribution in [0.4, 0.5) is 4.79 Å². The summed E-state index contributed by atoms with van der Waals surface area (Å²) in [4.78, 5) is 81.6. The second-order valence-corrected chi connectivity index (χ2v) is 15.6. The van der Waals surface area contributed by atoms with Crippen molar-refractivity contribution in [2.45, 2.75) is 123 Å². The SMILES string of the molecule is COc1ccc(COC(=O)C2(NC(=O)N[C@H](C(=O)N3CC[C@H](C(C)C)[C@H]3C(=O)NC(CC3CC3)C(=O)C(N)=O)C(C)(C)C)CCCCC2)cc1. The first-order valence-electron chi connectivity index (χ1n) is 17.9. The predicted octanol–water partition coefficient (Wildman–Crippen LogP) is 3.37. The van der Waals surface area contributed by atoms with Gasteiger partial charge in [-0.3, -0.25) is 19.2 Å². The number of methoxy groups -OCH3 is 1. The van der Waals surface area contributed by atoms with Gasteiger partial charge in [0.15, 0.2) is 0 Å². The molecule has 4 atom stereocenters. The van der Waals surface area contributed by atoms with Crippen LogP contribution in [0.2, 0.25) is 0 Å². The molecule has 13 heteroatoms.